The lowest BCUT2D eigenvalue weighted by Crippen LogP contribution is -2.43. The molecule has 1 aliphatic rings. The van der Waals surface area contributed by atoms with Gasteiger partial charge in [-0.25, -0.2) is 9.97 Å². The zero-order valence-corrected chi connectivity index (χ0v) is 15.0. The molecule has 1 amide bonds. The highest BCUT2D eigenvalue weighted by Gasteiger charge is 2.26. The highest BCUT2D eigenvalue weighted by molar-refractivity contribution is 5.94. The molecule has 0 aliphatic carbocycles. The molecule has 2 atom stereocenters. The summed E-state index contributed by atoms with van der Waals surface area (Å²) in [5, 5.41) is 3.28. The van der Waals surface area contributed by atoms with E-state index in [2.05, 4.69) is 41.3 Å². The van der Waals surface area contributed by atoms with Gasteiger partial charge in [-0.2, -0.15) is 0 Å². The number of amides is 1. The summed E-state index contributed by atoms with van der Waals surface area (Å²) < 4.78 is 0. The molecule has 1 N–H and O–H groups in total. The summed E-state index contributed by atoms with van der Waals surface area (Å²) in [6.45, 7) is 5.05. The Morgan fingerprint density at radius 1 is 1.24 bits per heavy atom. The minimum absolute atomic E-state index is 0.0502. The van der Waals surface area contributed by atoms with Gasteiger partial charge < -0.3 is 10.2 Å². The Morgan fingerprint density at radius 2 is 1.96 bits per heavy atom. The van der Waals surface area contributed by atoms with Gasteiger partial charge in [0.05, 0.1) is 11.6 Å². The van der Waals surface area contributed by atoms with E-state index in [-0.39, 0.29) is 11.9 Å². The van der Waals surface area contributed by atoms with Crippen LogP contribution < -0.4 is 5.32 Å². The Balaban J connectivity index is 1.66. The molecule has 2 heterocycles. The van der Waals surface area contributed by atoms with Crippen LogP contribution in [0.3, 0.4) is 0 Å². The first-order valence-corrected chi connectivity index (χ1v) is 9.13. The molecule has 1 aliphatic heterocycles. The van der Waals surface area contributed by atoms with Crippen LogP contribution in [0.4, 0.5) is 5.95 Å². The maximum atomic E-state index is 12.7. The van der Waals surface area contributed by atoms with Crippen LogP contribution in [0, 0.1) is 0 Å². The third-order valence-electron chi connectivity index (χ3n) is 4.90. The SMILES string of the molecule is CCC1CCCCN1C(=O)c1cnc(NC(C)c2ccccc2)nc1. The van der Waals surface area contributed by atoms with E-state index in [4.69, 9.17) is 0 Å². The predicted molar refractivity (Wildman–Crippen MR) is 99.5 cm³/mol. The molecule has 1 fully saturated rings. The van der Waals surface area contributed by atoms with Crippen LogP contribution in [0.1, 0.15) is 61.5 Å². The molecule has 3 rings (SSSR count). The summed E-state index contributed by atoms with van der Waals surface area (Å²) in [4.78, 5) is 23.4. The van der Waals surface area contributed by atoms with Gasteiger partial charge in [0, 0.05) is 25.0 Å². The fraction of sp³-hybridized carbons (Fsp3) is 0.450. The molecule has 0 bridgehead atoms. The van der Waals surface area contributed by atoms with E-state index in [1.165, 1.54) is 12.0 Å². The van der Waals surface area contributed by atoms with Gasteiger partial charge in [0.2, 0.25) is 5.95 Å². The van der Waals surface area contributed by atoms with Gasteiger partial charge in [-0.3, -0.25) is 4.79 Å². The normalized spacial score (nSPS) is 18.6. The Kier molecular flexibility index (Phi) is 5.64. The van der Waals surface area contributed by atoms with Gasteiger partial charge in [-0.1, -0.05) is 37.3 Å². The van der Waals surface area contributed by atoms with Crippen LogP contribution in [0.25, 0.3) is 0 Å². The first-order chi connectivity index (χ1) is 12.2. The number of benzene rings is 1. The third-order valence-corrected chi connectivity index (χ3v) is 4.90. The van der Waals surface area contributed by atoms with Crippen molar-refractivity contribution in [2.45, 2.75) is 51.6 Å². The lowest BCUT2D eigenvalue weighted by atomic mass is 9.99. The van der Waals surface area contributed by atoms with Crippen molar-refractivity contribution in [3.05, 3.63) is 53.9 Å². The van der Waals surface area contributed by atoms with Gasteiger partial charge in [0.15, 0.2) is 0 Å². The molecule has 0 radical (unpaired) electrons. The number of piperidine rings is 1. The summed E-state index contributed by atoms with van der Waals surface area (Å²) in [5.74, 6) is 0.591. The molecule has 132 valence electrons. The molecule has 2 aromatic rings. The van der Waals surface area contributed by atoms with E-state index in [0.717, 1.165) is 25.8 Å². The van der Waals surface area contributed by atoms with E-state index < -0.39 is 0 Å². The first kappa shape index (κ1) is 17.4. The first-order valence-electron chi connectivity index (χ1n) is 9.13. The number of hydrogen-bond acceptors (Lipinski definition) is 4. The monoisotopic (exact) mass is 338 g/mol. The number of carbonyl (C=O) groups excluding carboxylic acids is 1. The fourth-order valence-corrected chi connectivity index (χ4v) is 3.39. The van der Waals surface area contributed by atoms with Gasteiger partial charge in [-0.05, 0) is 38.2 Å². The van der Waals surface area contributed by atoms with E-state index in [9.17, 15) is 4.79 Å². The summed E-state index contributed by atoms with van der Waals surface area (Å²) in [5.41, 5.74) is 1.74. The topological polar surface area (TPSA) is 58.1 Å². The third kappa shape index (κ3) is 4.16. The Hall–Kier alpha value is -2.43. The second kappa shape index (κ2) is 8.10. The second-order valence-corrected chi connectivity index (χ2v) is 6.63. The number of hydrogen-bond donors (Lipinski definition) is 1. The largest absolute Gasteiger partial charge is 0.348 e. The molecule has 0 spiro atoms. The fourth-order valence-electron chi connectivity index (χ4n) is 3.39. The van der Waals surface area contributed by atoms with E-state index in [1.54, 1.807) is 12.4 Å². The molecule has 1 aromatic heterocycles. The molecule has 1 aromatic carbocycles. The molecule has 25 heavy (non-hydrogen) atoms. The maximum absolute atomic E-state index is 12.7. The smallest absolute Gasteiger partial charge is 0.257 e. The number of nitrogens with one attached hydrogen (secondary N) is 1. The Bertz CT molecular complexity index is 687. The minimum atomic E-state index is 0.0502. The van der Waals surface area contributed by atoms with Crippen molar-refractivity contribution in [3.8, 4) is 0 Å². The average Bonchev–Trinajstić information content (AvgIpc) is 2.68. The summed E-state index contributed by atoms with van der Waals surface area (Å²) >= 11 is 0. The maximum Gasteiger partial charge on any atom is 0.257 e. The summed E-state index contributed by atoms with van der Waals surface area (Å²) in [6, 6.07) is 10.6. The number of aromatic nitrogens is 2. The molecule has 5 heteroatoms. The molecule has 1 saturated heterocycles. The van der Waals surface area contributed by atoms with Crippen molar-refractivity contribution in [1.29, 1.82) is 0 Å². The average molecular weight is 338 g/mol. The molecule has 0 saturated carbocycles. The van der Waals surface area contributed by atoms with Crippen LogP contribution in [-0.2, 0) is 0 Å². The quantitative estimate of drug-likeness (QED) is 0.893. The van der Waals surface area contributed by atoms with Crippen LogP contribution in [0.5, 0.6) is 0 Å². The van der Waals surface area contributed by atoms with Crippen LogP contribution >= 0.6 is 0 Å². The number of anilines is 1. The van der Waals surface area contributed by atoms with Gasteiger partial charge in [0.1, 0.15) is 0 Å². The molecule has 5 nitrogen and oxygen atoms in total. The number of rotatable bonds is 5. The van der Waals surface area contributed by atoms with E-state index >= 15 is 0 Å². The van der Waals surface area contributed by atoms with Crippen molar-refractivity contribution in [2.75, 3.05) is 11.9 Å². The number of likely N-dealkylation sites (tertiary alicyclic amines) is 1. The second-order valence-electron chi connectivity index (χ2n) is 6.63. The van der Waals surface area contributed by atoms with Crippen molar-refractivity contribution >= 4 is 11.9 Å². The standard InChI is InChI=1S/C20H26N4O/c1-3-18-11-7-8-12-24(18)19(25)17-13-21-20(22-14-17)23-15(2)16-9-5-4-6-10-16/h4-6,9-10,13-15,18H,3,7-8,11-12H2,1-2H3,(H,21,22,23). The van der Waals surface area contributed by atoms with Crippen molar-refractivity contribution in [1.82, 2.24) is 14.9 Å². The number of nitrogens with zero attached hydrogens (tertiary/aromatic N) is 3. The minimum Gasteiger partial charge on any atom is -0.348 e. The van der Waals surface area contributed by atoms with Crippen LogP contribution in [0.15, 0.2) is 42.7 Å². The van der Waals surface area contributed by atoms with Gasteiger partial charge in [-0.15, -0.1) is 0 Å². The Morgan fingerprint density at radius 3 is 2.64 bits per heavy atom. The number of carbonyl (C=O) groups is 1. The summed E-state index contributed by atoms with van der Waals surface area (Å²) in [7, 11) is 0. The van der Waals surface area contributed by atoms with Crippen molar-refractivity contribution in [3.63, 3.8) is 0 Å². The zero-order chi connectivity index (χ0) is 17.6. The highest BCUT2D eigenvalue weighted by atomic mass is 16.2. The van der Waals surface area contributed by atoms with Crippen LogP contribution in [-0.4, -0.2) is 33.4 Å². The van der Waals surface area contributed by atoms with Gasteiger partial charge in [0.25, 0.3) is 5.91 Å². The molecular weight excluding hydrogens is 312 g/mol. The van der Waals surface area contributed by atoms with E-state index in [0.29, 0.717) is 17.6 Å². The Labute approximate surface area is 149 Å². The van der Waals surface area contributed by atoms with E-state index in [1.807, 2.05) is 23.1 Å². The molecule has 2 unspecified atom stereocenters. The lowest BCUT2D eigenvalue weighted by Gasteiger charge is -2.35. The zero-order valence-electron chi connectivity index (χ0n) is 15.0. The van der Waals surface area contributed by atoms with Gasteiger partial charge >= 0.3 is 0 Å². The summed E-state index contributed by atoms with van der Waals surface area (Å²) in [6.07, 6.45) is 7.65. The highest BCUT2D eigenvalue weighted by Crippen LogP contribution is 2.22. The van der Waals surface area contributed by atoms with Crippen molar-refractivity contribution < 1.29 is 4.79 Å². The van der Waals surface area contributed by atoms with Crippen molar-refractivity contribution in [2.24, 2.45) is 0 Å². The predicted octanol–water partition coefficient (Wildman–Crippen LogP) is 4.05. The lowest BCUT2D eigenvalue weighted by molar-refractivity contribution is 0.0607. The molecular formula is C20H26N4O. The van der Waals surface area contributed by atoms with Crippen LogP contribution in [0.2, 0.25) is 0 Å².